The van der Waals surface area contributed by atoms with Crippen molar-refractivity contribution in [3.63, 3.8) is 0 Å². The highest BCUT2D eigenvalue weighted by atomic mass is 16.2. The fraction of sp³-hybridized carbons (Fsp3) is 0.364. The average molecular weight is 226 g/mol. The molecule has 1 heterocycles. The molecule has 0 aromatic carbocycles. The maximum absolute atomic E-state index is 10.1. The van der Waals surface area contributed by atoms with Crippen LogP contribution in [0.15, 0.2) is 24.8 Å². The Morgan fingerprint density at radius 1 is 1.31 bits per heavy atom. The fourth-order valence-corrected chi connectivity index (χ4v) is 0.508. The molecule has 16 heavy (non-hydrogen) atoms. The van der Waals surface area contributed by atoms with Crippen LogP contribution in [0, 0.1) is 0 Å². The quantitative estimate of drug-likeness (QED) is 0.391. The molecule has 0 unspecified atom stereocenters. The second-order valence-electron chi connectivity index (χ2n) is 3.28. The van der Waals surface area contributed by atoms with Crippen LogP contribution in [0.3, 0.4) is 0 Å². The maximum atomic E-state index is 10.1. The number of carbonyl (C=O) groups excluding carboxylic acids is 3. The Morgan fingerprint density at radius 2 is 1.56 bits per heavy atom. The summed E-state index contributed by atoms with van der Waals surface area (Å²) in [6, 6.07) is 0. The number of primary amides is 1. The highest BCUT2D eigenvalue weighted by molar-refractivity contribution is 6.01. The van der Waals surface area contributed by atoms with E-state index in [-0.39, 0.29) is 11.8 Å². The third-order valence-corrected chi connectivity index (χ3v) is 1.06. The van der Waals surface area contributed by atoms with Gasteiger partial charge in [-0.3, -0.25) is 19.7 Å². The second-order valence-corrected chi connectivity index (χ2v) is 3.28. The van der Waals surface area contributed by atoms with E-state index in [4.69, 9.17) is 0 Å². The summed E-state index contributed by atoms with van der Waals surface area (Å²) >= 11 is 0. The van der Waals surface area contributed by atoms with E-state index in [1.54, 1.807) is 0 Å². The van der Waals surface area contributed by atoms with Gasteiger partial charge in [-0.15, -0.1) is 6.58 Å². The van der Waals surface area contributed by atoms with Crippen molar-refractivity contribution in [2.24, 2.45) is 5.73 Å². The number of carbonyl (C=O) groups is 3. The lowest BCUT2D eigenvalue weighted by Gasteiger charge is -1.79. The molecule has 0 aliphatic carbocycles. The topological polar surface area (TPSA) is 89.3 Å². The molecule has 90 valence electrons. The van der Waals surface area contributed by atoms with Gasteiger partial charge in [0.1, 0.15) is 0 Å². The molecule has 0 radical (unpaired) electrons. The van der Waals surface area contributed by atoms with Crippen LogP contribution in [-0.2, 0) is 14.4 Å². The first kappa shape index (κ1) is 16.5. The van der Waals surface area contributed by atoms with Crippen molar-refractivity contribution in [1.82, 2.24) is 5.32 Å². The first-order valence-electron chi connectivity index (χ1n) is 4.66. The van der Waals surface area contributed by atoms with Gasteiger partial charge in [0.05, 0.1) is 0 Å². The number of rotatable bonds is 1. The summed E-state index contributed by atoms with van der Waals surface area (Å²) in [5.74, 6) is -0.778. The van der Waals surface area contributed by atoms with Crippen molar-refractivity contribution in [2.45, 2.75) is 26.7 Å². The Labute approximate surface area is 95.4 Å². The molecule has 3 amide bonds. The van der Waals surface area contributed by atoms with E-state index in [0.29, 0.717) is 12.8 Å². The molecule has 0 aromatic heterocycles. The van der Waals surface area contributed by atoms with Gasteiger partial charge in [0.25, 0.3) is 0 Å². The molecule has 0 atom stereocenters. The van der Waals surface area contributed by atoms with Gasteiger partial charge in [-0.05, 0) is 19.9 Å². The van der Waals surface area contributed by atoms with Crippen LogP contribution >= 0.6 is 0 Å². The van der Waals surface area contributed by atoms with Gasteiger partial charge in [-0.2, -0.15) is 0 Å². The van der Waals surface area contributed by atoms with Crippen molar-refractivity contribution in [2.75, 3.05) is 0 Å². The largest absolute Gasteiger partial charge is 0.366 e. The Bertz CT molecular complexity index is 278. The molecular formula is C11H18N2O3. The fourth-order valence-electron chi connectivity index (χ4n) is 0.508. The first-order chi connectivity index (χ1) is 7.29. The molecule has 0 saturated carbocycles. The summed E-state index contributed by atoms with van der Waals surface area (Å²) in [7, 11) is 0. The molecule has 5 nitrogen and oxygen atoms in total. The maximum Gasteiger partial charge on any atom is 0.240 e. The van der Waals surface area contributed by atoms with Gasteiger partial charge in [0, 0.05) is 12.8 Å². The summed E-state index contributed by atoms with van der Waals surface area (Å²) < 4.78 is 0. The lowest BCUT2D eigenvalue weighted by Crippen LogP contribution is -2.18. The van der Waals surface area contributed by atoms with Crippen molar-refractivity contribution >= 4 is 17.7 Å². The van der Waals surface area contributed by atoms with Gasteiger partial charge < -0.3 is 5.73 Å². The van der Waals surface area contributed by atoms with E-state index in [1.165, 1.54) is 5.57 Å². The average Bonchev–Trinajstić information content (AvgIpc) is 2.50. The molecule has 1 rings (SSSR count). The monoisotopic (exact) mass is 226 g/mol. The number of allylic oxidation sites excluding steroid dienone is 1. The molecule has 0 aromatic rings. The summed E-state index contributed by atoms with van der Waals surface area (Å²) in [5, 5.41) is 2.14. The molecule has 5 heteroatoms. The van der Waals surface area contributed by atoms with Crippen LogP contribution in [0.1, 0.15) is 26.7 Å². The smallest absolute Gasteiger partial charge is 0.240 e. The number of nitrogens with one attached hydrogen (secondary N) is 1. The minimum Gasteiger partial charge on any atom is -0.366 e. The molecule has 0 bridgehead atoms. The summed E-state index contributed by atoms with van der Waals surface area (Å²) in [5.41, 5.74) is 5.70. The van der Waals surface area contributed by atoms with Gasteiger partial charge in [-0.1, -0.05) is 12.2 Å². The highest BCUT2D eigenvalue weighted by Crippen LogP contribution is 1.95. The number of hydrogen-bond donors (Lipinski definition) is 2. The van der Waals surface area contributed by atoms with Crippen LogP contribution in [-0.4, -0.2) is 17.7 Å². The molecule has 1 aliphatic rings. The minimum atomic E-state index is -0.481. The predicted octanol–water partition coefficient (Wildman–Crippen LogP) is 0.663. The Morgan fingerprint density at radius 3 is 1.62 bits per heavy atom. The van der Waals surface area contributed by atoms with Crippen LogP contribution in [0.5, 0.6) is 0 Å². The predicted molar refractivity (Wildman–Crippen MR) is 62.3 cm³/mol. The number of amides is 3. The lowest BCUT2D eigenvalue weighted by atomic mass is 10.4. The number of imide groups is 1. The van der Waals surface area contributed by atoms with Gasteiger partial charge in [0.15, 0.2) is 0 Å². The molecular weight excluding hydrogens is 208 g/mol. The summed E-state index contributed by atoms with van der Waals surface area (Å²) in [6.07, 6.45) is 1.80. The Kier molecular flexibility index (Phi) is 9.95. The van der Waals surface area contributed by atoms with Gasteiger partial charge in [-0.25, -0.2) is 0 Å². The summed E-state index contributed by atoms with van der Waals surface area (Å²) in [6.45, 7) is 10.6. The second kappa shape index (κ2) is 9.64. The summed E-state index contributed by atoms with van der Waals surface area (Å²) in [4.78, 5) is 29.7. The van der Waals surface area contributed by atoms with Crippen molar-refractivity contribution in [3.8, 4) is 0 Å². The SMILES string of the molecule is C=C(C)C.C=CC(N)=O.O=C1CCC(=O)N1. The number of hydrogen-bond acceptors (Lipinski definition) is 3. The zero-order valence-electron chi connectivity index (χ0n) is 9.71. The third-order valence-electron chi connectivity index (χ3n) is 1.06. The van der Waals surface area contributed by atoms with Crippen LogP contribution in [0.4, 0.5) is 0 Å². The highest BCUT2D eigenvalue weighted by Gasteiger charge is 2.15. The Balaban J connectivity index is 0. The standard InChI is InChI=1S/C4H5NO2.C4H8.C3H5NO/c6-3-1-2-4(7)5-3;1-4(2)3;1-2-3(4)5/h1-2H2,(H,5,6,7);1H2,2-3H3;2H,1H2,(H2,4,5). The zero-order valence-corrected chi connectivity index (χ0v) is 9.71. The minimum absolute atomic E-state index is 0.148. The van der Waals surface area contributed by atoms with E-state index < -0.39 is 5.91 Å². The molecule has 0 spiro atoms. The van der Waals surface area contributed by atoms with Gasteiger partial charge >= 0.3 is 0 Å². The third kappa shape index (κ3) is 18.0. The van der Waals surface area contributed by atoms with Crippen molar-refractivity contribution < 1.29 is 14.4 Å². The van der Waals surface area contributed by atoms with E-state index in [0.717, 1.165) is 6.08 Å². The Hall–Kier alpha value is -1.91. The van der Waals surface area contributed by atoms with Crippen molar-refractivity contribution in [3.05, 3.63) is 24.8 Å². The molecule has 3 N–H and O–H groups in total. The normalized spacial score (nSPS) is 12.4. The first-order valence-corrected chi connectivity index (χ1v) is 4.66. The van der Waals surface area contributed by atoms with Gasteiger partial charge in [0.2, 0.25) is 17.7 Å². The van der Waals surface area contributed by atoms with Crippen LogP contribution < -0.4 is 11.1 Å². The molecule has 1 saturated heterocycles. The molecule has 1 fully saturated rings. The van der Waals surface area contributed by atoms with Crippen molar-refractivity contribution in [1.29, 1.82) is 0 Å². The lowest BCUT2D eigenvalue weighted by molar-refractivity contribution is -0.124. The van der Waals surface area contributed by atoms with E-state index >= 15 is 0 Å². The van der Waals surface area contributed by atoms with Crippen LogP contribution in [0.25, 0.3) is 0 Å². The van der Waals surface area contributed by atoms with E-state index in [1.807, 2.05) is 13.8 Å². The van der Waals surface area contributed by atoms with E-state index in [2.05, 4.69) is 24.2 Å². The molecule has 1 aliphatic heterocycles. The van der Waals surface area contributed by atoms with E-state index in [9.17, 15) is 14.4 Å². The zero-order chi connectivity index (χ0) is 13.1. The van der Waals surface area contributed by atoms with Crippen LogP contribution in [0.2, 0.25) is 0 Å². The number of nitrogens with two attached hydrogens (primary N) is 1.